The lowest BCUT2D eigenvalue weighted by atomic mass is 10.0. The molecule has 1 aromatic heterocycles. The molecule has 19 heavy (non-hydrogen) atoms. The molecule has 102 valence electrons. The largest absolute Gasteiger partial charge is 0.508 e. The average Bonchev–Trinajstić information content (AvgIpc) is 2.88. The van der Waals surface area contributed by atoms with Gasteiger partial charge in [0.05, 0.1) is 6.04 Å². The van der Waals surface area contributed by atoms with E-state index >= 15 is 0 Å². The third kappa shape index (κ3) is 3.32. The molecular formula is C14H19N3O2. The summed E-state index contributed by atoms with van der Waals surface area (Å²) in [5.74, 6) is 1.65. The van der Waals surface area contributed by atoms with Crippen LogP contribution in [-0.4, -0.2) is 15.2 Å². The van der Waals surface area contributed by atoms with Crippen molar-refractivity contribution in [2.45, 2.75) is 32.7 Å². The number of phenols is 1. The summed E-state index contributed by atoms with van der Waals surface area (Å²) in [5.41, 5.74) is 7.06. The Kier molecular flexibility index (Phi) is 4.16. The highest BCUT2D eigenvalue weighted by atomic mass is 16.5. The van der Waals surface area contributed by atoms with Crippen LogP contribution in [0, 0.1) is 5.92 Å². The van der Waals surface area contributed by atoms with Gasteiger partial charge in [-0.25, -0.2) is 0 Å². The van der Waals surface area contributed by atoms with Crippen LogP contribution in [-0.2, 0) is 6.42 Å². The van der Waals surface area contributed by atoms with E-state index in [2.05, 4.69) is 24.0 Å². The van der Waals surface area contributed by atoms with Crippen LogP contribution in [0.4, 0.5) is 0 Å². The van der Waals surface area contributed by atoms with Crippen LogP contribution in [0.1, 0.15) is 43.6 Å². The van der Waals surface area contributed by atoms with Crippen LogP contribution < -0.4 is 5.73 Å². The van der Waals surface area contributed by atoms with Crippen molar-refractivity contribution in [2.24, 2.45) is 11.7 Å². The van der Waals surface area contributed by atoms with E-state index in [0.29, 0.717) is 24.1 Å². The molecule has 0 fully saturated rings. The molecule has 2 rings (SSSR count). The first-order chi connectivity index (χ1) is 9.10. The zero-order chi connectivity index (χ0) is 13.8. The summed E-state index contributed by atoms with van der Waals surface area (Å²) in [6.07, 6.45) is 1.54. The van der Waals surface area contributed by atoms with Gasteiger partial charge in [-0.2, -0.15) is 4.98 Å². The summed E-state index contributed by atoms with van der Waals surface area (Å²) < 4.78 is 5.21. The molecule has 0 aliphatic carbocycles. The Morgan fingerprint density at radius 2 is 2.00 bits per heavy atom. The molecule has 2 atom stereocenters. The number of hydrogen-bond donors (Lipinski definition) is 2. The fourth-order valence-corrected chi connectivity index (χ4v) is 1.77. The Labute approximate surface area is 112 Å². The van der Waals surface area contributed by atoms with Gasteiger partial charge in [0.25, 0.3) is 0 Å². The minimum atomic E-state index is -0.217. The molecule has 1 unspecified atom stereocenters. The molecule has 1 heterocycles. The fourth-order valence-electron chi connectivity index (χ4n) is 1.77. The van der Waals surface area contributed by atoms with Gasteiger partial charge < -0.3 is 15.4 Å². The second-order valence-corrected chi connectivity index (χ2v) is 4.80. The molecule has 0 aliphatic rings. The zero-order valence-electron chi connectivity index (χ0n) is 11.2. The number of aromatic nitrogens is 2. The average molecular weight is 261 g/mol. The molecule has 0 aliphatic heterocycles. The first-order valence-electron chi connectivity index (χ1n) is 6.46. The maximum Gasteiger partial charge on any atom is 0.243 e. The van der Waals surface area contributed by atoms with Gasteiger partial charge in [-0.15, -0.1) is 0 Å². The Morgan fingerprint density at radius 1 is 1.32 bits per heavy atom. The van der Waals surface area contributed by atoms with E-state index in [4.69, 9.17) is 10.3 Å². The molecule has 5 nitrogen and oxygen atoms in total. The van der Waals surface area contributed by atoms with Crippen molar-refractivity contribution in [3.63, 3.8) is 0 Å². The van der Waals surface area contributed by atoms with Crippen LogP contribution >= 0.6 is 0 Å². The molecule has 3 N–H and O–H groups in total. The predicted molar refractivity (Wildman–Crippen MR) is 71.6 cm³/mol. The molecule has 5 heteroatoms. The maximum atomic E-state index is 9.22. The van der Waals surface area contributed by atoms with Crippen molar-refractivity contribution in [3.8, 4) is 5.75 Å². The molecule has 1 aromatic carbocycles. The van der Waals surface area contributed by atoms with Crippen molar-refractivity contribution in [1.82, 2.24) is 10.1 Å². The van der Waals surface area contributed by atoms with Crippen LogP contribution in [0.2, 0.25) is 0 Å². The van der Waals surface area contributed by atoms with Gasteiger partial charge in [-0.05, 0) is 23.6 Å². The minimum Gasteiger partial charge on any atom is -0.508 e. The highest BCUT2D eigenvalue weighted by Crippen LogP contribution is 2.20. The number of aromatic hydroxyl groups is 1. The summed E-state index contributed by atoms with van der Waals surface area (Å²) in [7, 11) is 0. The van der Waals surface area contributed by atoms with Gasteiger partial charge in [0.2, 0.25) is 5.89 Å². The van der Waals surface area contributed by atoms with E-state index in [1.807, 2.05) is 12.1 Å². The minimum absolute atomic E-state index is 0.217. The highest BCUT2D eigenvalue weighted by molar-refractivity contribution is 5.27. The van der Waals surface area contributed by atoms with E-state index < -0.39 is 0 Å². The number of hydrogen-bond acceptors (Lipinski definition) is 5. The summed E-state index contributed by atoms with van der Waals surface area (Å²) in [6, 6.07) is 6.73. The van der Waals surface area contributed by atoms with Gasteiger partial charge in [0, 0.05) is 6.42 Å². The smallest absolute Gasteiger partial charge is 0.243 e. The third-order valence-corrected chi connectivity index (χ3v) is 3.32. The predicted octanol–water partition coefficient (Wildman–Crippen LogP) is 2.41. The third-order valence-electron chi connectivity index (χ3n) is 3.32. The summed E-state index contributed by atoms with van der Waals surface area (Å²) in [6.45, 7) is 4.15. The number of benzene rings is 1. The second kappa shape index (κ2) is 5.84. The number of rotatable bonds is 5. The molecule has 0 saturated heterocycles. The van der Waals surface area contributed by atoms with Crippen LogP contribution in [0.25, 0.3) is 0 Å². The Bertz CT molecular complexity index is 522. The van der Waals surface area contributed by atoms with Crippen LogP contribution in [0.3, 0.4) is 0 Å². The lowest BCUT2D eigenvalue weighted by Gasteiger charge is -2.12. The van der Waals surface area contributed by atoms with E-state index in [9.17, 15) is 5.11 Å². The fraction of sp³-hybridized carbons (Fsp3) is 0.429. The number of nitrogens with zero attached hydrogens (tertiary/aromatic N) is 2. The quantitative estimate of drug-likeness (QED) is 0.863. The van der Waals surface area contributed by atoms with Crippen molar-refractivity contribution < 1.29 is 9.63 Å². The first-order valence-corrected chi connectivity index (χ1v) is 6.46. The second-order valence-electron chi connectivity index (χ2n) is 4.80. The maximum absolute atomic E-state index is 9.22. The molecule has 0 saturated carbocycles. The van der Waals surface area contributed by atoms with Gasteiger partial charge in [0.15, 0.2) is 5.82 Å². The van der Waals surface area contributed by atoms with Crippen LogP contribution in [0.15, 0.2) is 28.8 Å². The van der Waals surface area contributed by atoms with Crippen molar-refractivity contribution in [3.05, 3.63) is 41.5 Å². The Balaban J connectivity index is 2.07. The highest BCUT2D eigenvalue weighted by Gasteiger charge is 2.19. The number of nitrogens with two attached hydrogens (primary N) is 1. The van der Waals surface area contributed by atoms with E-state index in [-0.39, 0.29) is 11.8 Å². The summed E-state index contributed by atoms with van der Waals surface area (Å²) >= 11 is 0. The van der Waals surface area contributed by atoms with E-state index in [1.165, 1.54) is 0 Å². The lowest BCUT2D eigenvalue weighted by Crippen LogP contribution is -2.18. The number of phenolic OH excluding ortho intramolecular Hbond substituents is 1. The van der Waals surface area contributed by atoms with Gasteiger partial charge in [-0.1, -0.05) is 37.6 Å². The molecular weight excluding hydrogens is 242 g/mol. The monoisotopic (exact) mass is 261 g/mol. The Morgan fingerprint density at radius 3 is 2.63 bits per heavy atom. The first kappa shape index (κ1) is 13.5. The summed E-state index contributed by atoms with van der Waals surface area (Å²) in [5, 5.41) is 13.2. The van der Waals surface area contributed by atoms with Crippen molar-refractivity contribution in [2.75, 3.05) is 0 Å². The molecule has 0 amide bonds. The molecule has 0 radical (unpaired) electrons. The SMILES string of the molecule is CCC(C)[C@H](N)c1nc(Cc2ccc(O)cc2)no1. The molecule has 0 spiro atoms. The van der Waals surface area contributed by atoms with Crippen LogP contribution in [0.5, 0.6) is 5.75 Å². The molecule has 0 bridgehead atoms. The lowest BCUT2D eigenvalue weighted by molar-refractivity contribution is 0.310. The molecule has 2 aromatic rings. The normalized spacial score (nSPS) is 14.3. The topological polar surface area (TPSA) is 85.2 Å². The standard InChI is InChI=1S/C14H19N3O2/c1-3-9(2)13(15)14-16-12(17-19-14)8-10-4-6-11(18)7-5-10/h4-7,9,13,18H,3,8,15H2,1-2H3/t9?,13-/m0/s1. The Hall–Kier alpha value is -1.88. The van der Waals surface area contributed by atoms with Gasteiger partial charge in [0.1, 0.15) is 5.75 Å². The van der Waals surface area contributed by atoms with Gasteiger partial charge >= 0.3 is 0 Å². The zero-order valence-corrected chi connectivity index (χ0v) is 11.2. The van der Waals surface area contributed by atoms with Crippen molar-refractivity contribution >= 4 is 0 Å². The van der Waals surface area contributed by atoms with Gasteiger partial charge in [-0.3, -0.25) is 0 Å². The van der Waals surface area contributed by atoms with E-state index in [0.717, 1.165) is 12.0 Å². The van der Waals surface area contributed by atoms with Crippen molar-refractivity contribution in [1.29, 1.82) is 0 Å². The van der Waals surface area contributed by atoms with E-state index in [1.54, 1.807) is 12.1 Å². The summed E-state index contributed by atoms with van der Waals surface area (Å²) in [4.78, 5) is 4.33.